The number of carbonyl (C=O) groups is 3. The maximum absolute atomic E-state index is 14.1. The maximum atomic E-state index is 14.1. The van der Waals surface area contributed by atoms with Gasteiger partial charge in [-0.2, -0.15) is 0 Å². The van der Waals surface area contributed by atoms with Crippen molar-refractivity contribution in [2.45, 2.75) is 38.9 Å². The Morgan fingerprint density at radius 3 is 2.79 bits per heavy atom. The van der Waals surface area contributed by atoms with Crippen molar-refractivity contribution >= 4 is 40.1 Å². The van der Waals surface area contributed by atoms with E-state index in [1.165, 1.54) is 30.0 Å². The second kappa shape index (κ2) is 9.23. The monoisotopic (exact) mass is 471 g/mol. The van der Waals surface area contributed by atoms with E-state index in [2.05, 4.69) is 5.32 Å². The Kier molecular flexibility index (Phi) is 6.37. The van der Waals surface area contributed by atoms with E-state index >= 15 is 0 Å². The van der Waals surface area contributed by atoms with E-state index in [9.17, 15) is 23.9 Å². The van der Waals surface area contributed by atoms with Gasteiger partial charge < -0.3 is 19.9 Å². The molecule has 1 aliphatic heterocycles. The number of aromatic hydroxyl groups is 1. The number of fused-ring (bicyclic) bond motifs is 1. The van der Waals surface area contributed by atoms with Crippen LogP contribution in [0.15, 0.2) is 42.6 Å². The molecule has 172 valence electrons. The lowest BCUT2D eigenvalue weighted by Gasteiger charge is -2.24. The first-order chi connectivity index (χ1) is 15.8. The van der Waals surface area contributed by atoms with Crippen LogP contribution in [0.25, 0.3) is 10.9 Å². The molecule has 7 nitrogen and oxygen atoms in total. The van der Waals surface area contributed by atoms with Gasteiger partial charge in [-0.05, 0) is 44.0 Å². The average Bonchev–Trinajstić information content (AvgIpc) is 3.40. The molecule has 2 aromatic carbocycles. The average molecular weight is 472 g/mol. The van der Waals surface area contributed by atoms with E-state index in [1.807, 2.05) is 0 Å². The van der Waals surface area contributed by atoms with Crippen LogP contribution in [0.1, 0.15) is 35.7 Å². The van der Waals surface area contributed by atoms with Gasteiger partial charge in [0, 0.05) is 41.3 Å². The Labute approximate surface area is 194 Å². The van der Waals surface area contributed by atoms with E-state index in [0.29, 0.717) is 35.9 Å². The van der Waals surface area contributed by atoms with E-state index in [1.54, 1.807) is 29.0 Å². The number of halogens is 2. The Morgan fingerprint density at radius 2 is 2.03 bits per heavy atom. The summed E-state index contributed by atoms with van der Waals surface area (Å²) in [5, 5.41) is 13.0. The molecule has 1 aliphatic rings. The number of phenols is 1. The molecule has 33 heavy (non-hydrogen) atoms. The maximum Gasteiger partial charge on any atom is 0.243 e. The molecular weight excluding hydrogens is 449 g/mol. The molecule has 9 heteroatoms. The van der Waals surface area contributed by atoms with Crippen LogP contribution in [-0.4, -0.2) is 44.8 Å². The van der Waals surface area contributed by atoms with E-state index in [0.717, 1.165) is 0 Å². The summed E-state index contributed by atoms with van der Waals surface area (Å²) in [4.78, 5) is 39.4. The van der Waals surface area contributed by atoms with Crippen LogP contribution in [0.2, 0.25) is 5.02 Å². The zero-order valence-corrected chi connectivity index (χ0v) is 18.7. The summed E-state index contributed by atoms with van der Waals surface area (Å²) >= 11 is 5.79. The minimum atomic E-state index is -0.655. The summed E-state index contributed by atoms with van der Waals surface area (Å²) in [6.45, 7) is 1.77. The third kappa shape index (κ3) is 4.57. The number of hydrogen-bond donors (Lipinski definition) is 2. The van der Waals surface area contributed by atoms with Gasteiger partial charge in [-0.25, -0.2) is 4.39 Å². The molecule has 3 aromatic rings. The van der Waals surface area contributed by atoms with Gasteiger partial charge in [-0.15, -0.1) is 0 Å². The summed E-state index contributed by atoms with van der Waals surface area (Å²) < 4.78 is 15.8. The fraction of sp³-hybridized carbons (Fsp3) is 0.292. The zero-order chi connectivity index (χ0) is 23.7. The van der Waals surface area contributed by atoms with Gasteiger partial charge >= 0.3 is 0 Å². The molecule has 1 saturated heterocycles. The van der Waals surface area contributed by atoms with Crippen LogP contribution < -0.4 is 5.32 Å². The number of phenolic OH excluding ortho intramolecular Hbond substituents is 1. The highest BCUT2D eigenvalue weighted by atomic mass is 35.5. The molecule has 2 heterocycles. The number of aromatic nitrogens is 1. The largest absolute Gasteiger partial charge is 0.508 e. The Hall–Kier alpha value is -3.39. The van der Waals surface area contributed by atoms with E-state index < -0.39 is 11.9 Å². The molecule has 0 unspecified atom stereocenters. The Balaban J connectivity index is 1.49. The number of Topliss-reactive ketones (excluding diaryl/α,β-unsaturated/α-hetero) is 1. The zero-order valence-electron chi connectivity index (χ0n) is 18.0. The van der Waals surface area contributed by atoms with Crippen LogP contribution in [0.4, 0.5) is 4.39 Å². The minimum absolute atomic E-state index is 0.0170. The summed E-state index contributed by atoms with van der Waals surface area (Å²) in [5.74, 6) is -1.34. The molecular formula is C24H23ClFN3O4. The van der Waals surface area contributed by atoms with Crippen LogP contribution in [0.5, 0.6) is 5.75 Å². The van der Waals surface area contributed by atoms with Gasteiger partial charge in [-0.1, -0.05) is 23.7 Å². The number of nitrogens with one attached hydrogen (secondary N) is 1. The Morgan fingerprint density at radius 1 is 1.24 bits per heavy atom. The molecule has 0 saturated carbocycles. The highest BCUT2D eigenvalue weighted by molar-refractivity contribution is 6.30. The lowest BCUT2D eigenvalue weighted by Crippen LogP contribution is -2.46. The highest BCUT2D eigenvalue weighted by Gasteiger charge is 2.34. The first-order valence-corrected chi connectivity index (χ1v) is 11.0. The minimum Gasteiger partial charge on any atom is -0.508 e. The number of amides is 2. The first kappa shape index (κ1) is 22.8. The smallest absolute Gasteiger partial charge is 0.243 e. The van der Waals surface area contributed by atoms with Gasteiger partial charge in [0.15, 0.2) is 5.78 Å². The summed E-state index contributed by atoms with van der Waals surface area (Å²) in [6, 6.07) is 8.57. The van der Waals surface area contributed by atoms with Gasteiger partial charge in [0.05, 0.1) is 5.02 Å². The van der Waals surface area contributed by atoms with Crippen LogP contribution in [0.3, 0.4) is 0 Å². The van der Waals surface area contributed by atoms with Crippen LogP contribution in [0, 0.1) is 5.82 Å². The molecule has 1 aromatic heterocycles. The van der Waals surface area contributed by atoms with Gasteiger partial charge in [0.1, 0.15) is 24.2 Å². The fourth-order valence-electron chi connectivity index (χ4n) is 4.26. The normalized spacial score (nSPS) is 15.7. The van der Waals surface area contributed by atoms with Crippen molar-refractivity contribution in [3.05, 3.63) is 64.6 Å². The van der Waals surface area contributed by atoms with E-state index in [-0.39, 0.29) is 47.0 Å². The van der Waals surface area contributed by atoms with Crippen LogP contribution in [-0.2, 0) is 22.7 Å². The Bertz CT molecular complexity index is 1260. The van der Waals surface area contributed by atoms with E-state index in [4.69, 9.17) is 11.6 Å². The van der Waals surface area contributed by atoms with Crippen molar-refractivity contribution in [2.75, 3.05) is 6.54 Å². The number of rotatable bonds is 6. The lowest BCUT2D eigenvalue weighted by atomic mass is 10.1. The molecule has 4 rings (SSSR count). The number of carbonyl (C=O) groups excluding carboxylic acids is 3. The molecule has 2 N–H and O–H groups in total. The van der Waals surface area contributed by atoms with Crippen molar-refractivity contribution in [1.82, 2.24) is 14.8 Å². The molecule has 0 radical (unpaired) electrons. The first-order valence-electron chi connectivity index (χ1n) is 10.6. The van der Waals surface area contributed by atoms with Crippen molar-refractivity contribution < 1.29 is 23.9 Å². The van der Waals surface area contributed by atoms with Crippen molar-refractivity contribution in [3.63, 3.8) is 0 Å². The molecule has 0 bridgehead atoms. The topological polar surface area (TPSA) is 91.6 Å². The third-order valence-corrected chi connectivity index (χ3v) is 6.20. The summed E-state index contributed by atoms with van der Waals surface area (Å²) in [7, 11) is 0. The second-order valence-electron chi connectivity index (χ2n) is 8.10. The molecule has 1 atom stereocenters. The van der Waals surface area contributed by atoms with Gasteiger partial charge in [0.2, 0.25) is 11.8 Å². The summed E-state index contributed by atoms with van der Waals surface area (Å²) in [5.41, 5.74) is 1.32. The standard InChI is InChI=1S/C24H23ClFN3O4/c1-14(30)18-12-28(20-8-7-16(31)10-17(18)20)13-22(32)29-9-3-6-21(29)24(33)27-11-15-4-2-5-19(25)23(15)26/h2,4-5,7-8,10,12,21,31H,3,6,9,11,13H2,1H3,(H,27,33)/t21-/m0/s1. The second-order valence-corrected chi connectivity index (χ2v) is 8.51. The molecule has 2 amide bonds. The molecule has 0 aliphatic carbocycles. The van der Waals surface area contributed by atoms with Crippen molar-refractivity contribution in [1.29, 1.82) is 0 Å². The highest BCUT2D eigenvalue weighted by Crippen LogP contribution is 2.27. The summed E-state index contributed by atoms with van der Waals surface area (Å²) in [6.07, 6.45) is 2.78. The van der Waals surface area contributed by atoms with Crippen LogP contribution >= 0.6 is 11.6 Å². The third-order valence-electron chi connectivity index (χ3n) is 5.91. The van der Waals surface area contributed by atoms with Crippen molar-refractivity contribution in [3.8, 4) is 5.75 Å². The SMILES string of the molecule is CC(=O)c1cn(CC(=O)N2CCC[C@H]2C(=O)NCc2cccc(Cl)c2F)c2ccc(O)cc12. The number of benzene rings is 2. The number of ketones is 1. The number of nitrogens with zero attached hydrogens (tertiary/aromatic N) is 2. The quantitative estimate of drug-likeness (QED) is 0.537. The number of hydrogen-bond acceptors (Lipinski definition) is 4. The molecule has 0 spiro atoms. The van der Waals surface area contributed by atoms with Gasteiger partial charge in [-0.3, -0.25) is 14.4 Å². The van der Waals surface area contributed by atoms with Gasteiger partial charge in [0.25, 0.3) is 0 Å². The number of likely N-dealkylation sites (tertiary alicyclic amines) is 1. The predicted molar refractivity (Wildman–Crippen MR) is 122 cm³/mol. The van der Waals surface area contributed by atoms with Crippen molar-refractivity contribution in [2.24, 2.45) is 0 Å². The fourth-order valence-corrected chi connectivity index (χ4v) is 4.45. The molecule has 1 fully saturated rings. The predicted octanol–water partition coefficient (Wildman–Crippen LogP) is 3.65. The lowest BCUT2D eigenvalue weighted by molar-refractivity contribution is -0.138.